The second-order valence-electron chi connectivity index (χ2n) is 7.20. The maximum atomic E-state index is 13.2. The lowest BCUT2D eigenvalue weighted by atomic mass is 9.96. The molecule has 0 spiro atoms. The third-order valence-electron chi connectivity index (χ3n) is 5.37. The van der Waals surface area contributed by atoms with Crippen LogP contribution >= 0.6 is 24.8 Å². The molecule has 1 fully saturated rings. The Morgan fingerprint density at radius 3 is 2.76 bits per heavy atom. The van der Waals surface area contributed by atoms with E-state index in [-0.39, 0.29) is 42.8 Å². The maximum absolute atomic E-state index is 13.2. The normalized spacial score (nSPS) is 17.3. The number of hydrogen-bond donors (Lipinski definition) is 1. The van der Waals surface area contributed by atoms with Crippen LogP contribution in [0.3, 0.4) is 0 Å². The van der Waals surface area contributed by atoms with Gasteiger partial charge in [0.05, 0.1) is 16.9 Å². The average Bonchev–Trinajstić information content (AvgIpc) is 3.08. The van der Waals surface area contributed by atoms with Crippen molar-refractivity contribution in [3.05, 3.63) is 47.9 Å². The number of carbonyl (C=O) groups is 1. The van der Waals surface area contributed by atoms with Gasteiger partial charge in [-0.15, -0.1) is 29.9 Å². The van der Waals surface area contributed by atoms with Crippen molar-refractivity contribution in [3.63, 3.8) is 0 Å². The summed E-state index contributed by atoms with van der Waals surface area (Å²) >= 11 is 0. The maximum Gasteiger partial charge on any atom is 0.276 e. The molecule has 1 saturated heterocycles. The van der Waals surface area contributed by atoms with Crippen LogP contribution in [0.25, 0.3) is 16.6 Å². The molecule has 2 aromatic heterocycles. The van der Waals surface area contributed by atoms with Gasteiger partial charge in [0.1, 0.15) is 0 Å². The zero-order valence-corrected chi connectivity index (χ0v) is 18.1. The van der Waals surface area contributed by atoms with E-state index in [9.17, 15) is 4.79 Å². The predicted octanol–water partition coefficient (Wildman–Crippen LogP) is 3.31. The molecule has 3 heterocycles. The molecule has 0 aliphatic carbocycles. The van der Waals surface area contributed by atoms with E-state index in [1.54, 1.807) is 10.9 Å². The smallest absolute Gasteiger partial charge is 0.276 e. The highest BCUT2D eigenvalue weighted by Gasteiger charge is 2.32. The Morgan fingerprint density at radius 2 is 2.00 bits per heavy atom. The van der Waals surface area contributed by atoms with E-state index in [4.69, 9.17) is 5.73 Å². The second-order valence-corrected chi connectivity index (χ2v) is 7.20. The number of likely N-dealkylation sites (tertiary alicyclic amines) is 1. The van der Waals surface area contributed by atoms with Gasteiger partial charge in [-0.1, -0.05) is 11.3 Å². The number of nitrogens with two attached hydrogens (primary N) is 1. The molecule has 1 amide bonds. The number of rotatable bonds is 3. The molecular formula is C20H26Cl2N6O. The first-order valence-corrected chi connectivity index (χ1v) is 9.41. The molecule has 0 radical (unpaired) electrons. The summed E-state index contributed by atoms with van der Waals surface area (Å²) in [5.41, 5.74) is 9.00. The number of aromatic nitrogens is 4. The Labute approximate surface area is 182 Å². The lowest BCUT2D eigenvalue weighted by molar-refractivity contribution is 0.0577. The topological polar surface area (TPSA) is 89.9 Å². The summed E-state index contributed by atoms with van der Waals surface area (Å²) in [5.74, 6) is -0.0842. The van der Waals surface area contributed by atoms with Crippen molar-refractivity contribution in [3.8, 4) is 5.69 Å². The lowest BCUT2D eigenvalue weighted by Gasteiger charge is -2.37. The first-order chi connectivity index (χ1) is 13.1. The van der Waals surface area contributed by atoms with E-state index in [0.29, 0.717) is 5.69 Å². The fourth-order valence-electron chi connectivity index (χ4n) is 3.92. The van der Waals surface area contributed by atoms with Crippen LogP contribution in [0.4, 0.5) is 0 Å². The first-order valence-electron chi connectivity index (χ1n) is 9.41. The van der Waals surface area contributed by atoms with Gasteiger partial charge >= 0.3 is 0 Å². The number of amides is 1. The Kier molecular flexibility index (Phi) is 7.57. The highest BCUT2D eigenvalue weighted by molar-refractivity contribution is 5.94. The van der Waals surface area contributed by atoms with E-state index in [1.165, 1.54) is 0 Å². The summed E-state index contributed by atoms with van der Waals surface area (Å²) in [4.78, 5) is 19.5. The number of benzene rings is 1. The van der Waals surface area contributed by atoms with Gasteiger partial charge < -0.3 is 10.6 Å². The minimum atomic E-state index is -0.0842. The van der Waals surface area contributed by atoms with Gasteiger partial charge in [-0.05, 0) is 57.4 Å². The SMILES string of the molecule is Cc1c(C(=O)N2CCCCC2C(C)N)nnn1-c1cccc2ncccc12.Cl.Cl. The number of carbonyl (C=O) groups excluding carboxylic acids is 1. The Morgan fingerprint density at radius 1 is 1.21 bits per heavy atom. The van der Waals surface area contributed by atoms with Gasteiger partial charge in [0.15, 0.2) is 5.69 Å². The van der Waals surface area contributed by atoms with Crippen LogP contribution in [0.1, 0.15) is 42.4 Å². The number of fused-ring (bicyclic) bond motifs is 1. The molecule has 7 nitrogen and oxygen atoms in total. The van der Waals surface area contributed by atoms with E-state index >= 15 is 0 Å². The molecule has 0 bridgehead atoms. The lowest BCUT2D eigenvalue weighted by Crippen LogP contribution is -2.51. The Balaban J connectivity index is 0.00000150. The summed E-state index contributed by atoms with van der Waals surface area (Å²) in [6.07, 6.45) is 4.80. The van der Waals surface area contributed by atoms with Crippen LogP contribution < -0.4 is 5.73 Å². The zero-order valence-electron chi connectivity index (χ0n) is 16.5. The highest BCUT2D eigenvalue weighted by Crippen LogP contribution is 2.25. The molecular weight excluding hydrogens is 411 g/mol. The summed E-state index contributed by atoms with van der Waals surface area (Å²) < 4.78 is 1.72. The van der Waals surface area contributed by atoms with Crippen LogP contribution in [0.15, 0.2) is 36.5 Å². The van der Waals surface area contributed by atoms with Gasteiger partial charge in [-0.3, -0.25) is 9.78 Å². The van der Waals surface area contributed by atoms with Gasteiger partial charge in [-0.25, -0.2) is 4.68 Å². The molecule has 1 aliphatic heterocycles. The first kappa shape index (κ1) is 23.1. The standard InChI is InChI=1S/C20H24N6O.2ClH/c1-13(21)17-9-3-4-12-25(17)20(27)19-14(2)26(24-23-19)18-10-5-8-16-15(18)7-6-11-22-16;;/h5-8,10-11,13,17H,3-4,9,12,21H2,1-2H3;2*1H. The van der Waals surface area contributed by atoms with Crippen molar-refractivity contribution >= 4 is 41.6 Å². The molecule has 29 heavy (non-hydrogen) atoms. The quantitative estimate of drug-likeness (QED) is 0.679. The highest BCUT2D eigenvalue weighted by atomic mass is 35.5. The van der Waals surface area contributed by atoms with Crippen LogP contribution in [0, 0.1) is 6.92 Å². The van der Waals surface area contributed by atoms with Crippen LogP contribution in [0.5, 0.6) is 0 Å². The number of halogens is 2. The van der Waals surface area contributed by atoms with Crippen molar-refractivity contribution < 1.29 is 4.79 Å². The molecule has 2 atom stereocenters. The molecule has 1 aromatic carbocycles. The van der Waals surface area contributed by atoms with E-state index in [1.807, 2.05) is 49.1 Å². The predicted molar refractivity (Wildman–Crippen MR) is 118 cm³/mol. The van der Waals surface area contributed by atoms with Gasteiger partial charge in [0.25, 0.3) is 5.91 Å². The third-order valence-corrected chi connectivity index (χ3v) is 5.37. The van der Waals surface area contributed by atoms with Crippen LogP contribution in [0.2, 0.25) is 0 Å². The zero-order chi connectivity index (χ0) is 19.0. The molecule has 1 aliphatic rings. The minimum absolute atomic E-state index is 0. The van der Waals surface area contributed by atoms with Gasteiger partial charge in [0.2, 0.25) is 0 Å². The van der Waals surface area contributed by atoms with Crippen LogP contribution in [-0.4, -0.2) is 49.4 Å². The second kappa shape index (κ2) is 9.52. The fourth-order valence-corrected chi connectivity index (χ4v) is 3.92. The van der Waals surface area contributed by atoms with Crippen LogP contribution in [-0.2, 0) is 0 Å². The van der Waals surface area contributed by atoms with Crippen molar-refractivity contribution in [1.29, 1.82) is 0 Å². The number of piperidine rings is 1. The Hall–Kier alpha value is -2.22. The monoisotopic (exact) mass is 436 g/mol. The third kappa shape index (κ3) is 4.22. The molecule has 0 saturated carbocycles. The summed E-state index contributed by atoms with van der Waals surface area (Å²) in [6, 6.07) is 9.74. The largest absolute Gasteiger partial charge is 0.333 e. The van der Waals surface area contributed by atoms with Gasteiger partial charge in [-0.2, -0.15) is 0 Å². The number of nitrogens with zero attached hydrogens (tertiary/aromatic N) is 5. The summed E-state index contributed by atoms with van der Waals surface area (Å²) in [7, 11) is 0. The van der Waals surface area contributed by atoms with Crippen molar-refractivity contribution in [2.45, 2.75) is 45.2 Å². The summed E-state index contributed by atoms with van der Waals surface area (Å²) in [6.45, 7) is 4.56. The molecule has 4 rings (SSSR count). The van der Waals surface area contributed by atoms with E-state index < -0.39 is 0 Å². The van der Waals surface area contributed by atoms with Crippen molar-refractivity contribution in [2.75, 3.05) is 6.54 Å². The molecule has 3 aromatic rings. The summed E-state index contributed by atoms with van der Waals surface area (Å²) in [5, 5.41) is 9.48. The van der Waals surface area contributed by atoms with E-state index in [0.717, 1.165) is 48.1 Å². The fraction of sp³-hybridized carbons (Fsp3) is 0.400. The van der Waals surface area contributed by atoms with Crippen molar-refractivity contribution in [2.24, 2.45) is 5.73 Å². The molecule has 2 N–H and O–H groups in total. The van der Waals surface area contributed by atoms with E-state index in [2.05, 4.69) is 15.3 Å². The van der Waals surface area contributed by atoms with Gasteiger partial charge in [0, 0.05) is 30.2 Å². The van der Waals surface area contributed by atoms with Crippen molar-refractivity contribution in [1.82, 2.24) is 24.9 Å². The minimum Gasteiger partial charge on any atom is -0.333 e. The molecule has 156 valence electrons. The molecule has 2 unspecified atom stereocenters. The average molecular weight is 437 g/mol. The number of pyridine rings is 1. The number of hydrogen-bond acceptors (Lipinski definition) is 5. The Bertz CT molecular complexity index is 985. The molecule has 9 heteroatoms.